The molecular weight excluding hydrogens is 318 g/mol. The third kappa shape index (κ3) is 2.66. The van der Waals surface area contributed by atoms with Gasteiger partial charge in [0.05, 0.1) is 16.5 Å². The lowest BCUT2D eigenvalue weighted by molar-refractivity contribution is 0.0976. The molecule has 0 aliphatic heterocycles. The van der Waals surface area contributed by atoms with E-state index in [1.807, 2.05) is 66.1 Å². The fraction of sp³-hybridized carbons (Fsp3) is 0. The van der Waals surface area contributed by atoms with Gasteiger partial charge in [-0.15, -0.1) is 11.3 Å². The molecule has 0 amide bonds. The van der Waals surface area contributed by atoms with Gasteiger partial charge >= 0.3 is 0 Å². The second-order valence-electron chi connectivity index (χ2n) is 5.22. The molecule has 0 radical (unpaired) electrons. The average Bonchev–Trinajstić information content (AvgIpc) is 3.27. The second kappa shape index (κ2) is 6.22. The van der Waals surface area contributed by atoms with Gasteiger partial charge in [-0.2, -0.15) is 0 Å². The van der Waals surface area contributed by atoms with Crippen LogP contribution in [0.2, 0.25) is 0 Å². The van der Waals surface area contributed by atoms with E-state index in [0.717, 1.165) is 16.6 Å². The maximum absolute atomic E-state index is 12.8. The van der Waals surface area contributed by atoms with E-state index in [0.29, 0.717) is 11.5 Å². The summed E-state index contributed by atoms with van der Waals surface area (Å²) < 4.78 is 1.61. The normalized spacial score (nSPS) is 11.3. The number of hydrogen-bond donors (Lipinski definition) is 0. The number of rotatable bonds is 3. The predicted octanol–water partition coefficient (Wildman–Crippen LogP) is 4.51. The summed E-state index contributed by atoms with van der Waals surface area (Å²) in [4.78, 5) is 21.7. The van der Waals surface area contributed by atoms with Gasteiger partial charge in [0.25, 0.3) is 5.91 Å². The van der Waals surface area contributed by atoms with Gasteiger partial charge in [-0.1, -0.05) is 42.5 Å². The van der Waals surface area contributed by atoms with Gasteiger partial charge in [0.2, 0.25) is 0 Å². The summed E-state index contributed by atoms with van der Waals surface area (Å²) in [5, 5.41) is 1.89. The van der Waals surface area contributed by atoms with Gasteiger partial charge in [0.15, 0.2) is 5.82 Å². The molecule has 0 fully saturated rings. The molecule has 0 saturated heterocycles. The van der Waals surface area contributed by atoms with Crippen molar-refractivity contribution in [3.8, 4) is 11.5 Å². The van der Waals surface area contributed by atoms with E-state index in [4.69, 9.17) is 0 Å². The van der Waals surface area contributed by atoms with E-state index < -0.39 is 0 Å². The van der Waals surface area contributed by atoms with Crippen molar-refractivity contribution < 1.29 is 4.79 Å². The third-order valence-corrected chi connectivity index (χ3v) is 4.25. The van der Waals surface area contributed by atoms with Crippen LogP contribution >= 0.6 is 11.3 Å². The molecule has 4 nitrogen and oxygen atoms in total. The highest BCUT2D eigenvalue weighted by Crippen LogP contribution is 2.24. The van der Waals surface area contributed by atoms with Gasteiger partial charge in [-0.05, 0) is 23.8 Å². The lowest BCUT2D eigenvalue weighted by Crippen LogP contribution is -2.09. The SMILES string of the molecule is O=C(C=Cc1ccccc1)n1c(-c2cscn2)nc2ccccc21. The molecule has 2 heterocycles. The number of imidazole rings is 1. The Hall–Kier alpha value is -3.05. The maximum Gasteiger partial charge on any atom is 0.256 e. The molecular formula is C19H13N3OS. The molecule has 0 N–H and O–H groups in total. The fourth-order valence-corrected chi connectivity index (χ4v) is 3.08. The van der Waals surface area contributed by atoms with E-state index in [1.54, 1.807) is 16.2 Å². The quantitative estimate of drug-likeness (QED) is 0.519. The summed E-state index contributed by atoms with van der Waals surface area (Å²) in [6, 6.07) is 17.3. The maximum atomic E-state index is 12.8. The van der Waals surface area contributed by atoms with Crippen LogP contribution in [-0.4, -0.2) is 20.4 Å². The molecule has 0 saturated carbocycles. The number of aromatic nitrogens is 3. The average molecular weight is 331 g/mol. The minimum atomic E-state index is -0.143. The van der Waals surface area contributed by atoms with Crippen LogP contribution in [0.25, 0.3) is 28.6 Å². The fourth-order valence-electron chi connectivity index (χ4n) is 2.55. The number of carbonyl (C=O) groups excluding carboxylic acids is 1. The van der Waals surface area contributed by atoms with Crippen LogP contribution in [0, 0.1) is 0 Å². The van der Waals surface area contributed by atoms with E-state index in [2.05, 4.69) is 9.97 Å². The lowest BCUT2D eigenvalue weighted by atomic mass is 10.2. The summed E-state index contributed by atoms with van der Waals surface area (Å²) in [6.07, 6.45) is 3.38. The van der Waals surface area contributed by atoms with E-state index >= 15 is 0 Å². The Balaban J connectivity index is 1.81. The van der Waals surface area contributed by atoms with E-state index in [1.165, 1.54) is 11.3 Å². The molecule has 0 unspecified atom stereocenters. The molecule has 116 valence electrons. The van der Waals surface area contributed by atoms with Gasteiger partial charge in [0, 0.05) is 11.5 Å². The molecule has 0 aliphatic rings. The molecule has 4 rings (SSSR count). The van der Waals surface area contributed by atoms with Crippen molar-refractivity contribution in [1.29, 1.82) is 0 Å². The summed E-state index contributed by atoms with van der Waals surface area (Å²) >= 11 is 1.48. The molecule has 0 aliphatic carbocycles. The first kappa shape index (κ1) is 14.5. The van der Waals surface area contributed by atoms with Gasteiger partial charge < -0.3 is 0 Å². The van der Waals surface area contributed by atoms with E-state index in [9.17, 15) is 4.79 Å². The zero-order valence-electron chi connectivity index (χ0n) is 12.7. The minimum absolute atomic E-state index is 0.143. The summed E-state index contributed by atoms with van der Waals surface area (Å²) in [6.45, 7) is 0. The van der Waals surface area contributed by atoms with Gasteiger partial charge in [-0.25, -0.2) is 9.97 Å². The van der Waals surface area contributed by atoms with Crippen molar-refractivity contribution in [1.82, 2.24) is 14.5 Å². The Bertz CT molecular complexity index is 1020. The van der Waals surface area contributed by atoms with Crippen LogP contribution in [-0.2, 0) is 0 Å². The molecule has 2 aromatic carbocycles. The highest BCUT2D eigenvalue weighted by atomic mass is 32.1. The molecule has 24 heavy (non-hydrogen) atoms. The van der Waals surface area contributed by atoms with Gasteiger partial charge in [0.1, 0.15) is 5.69 Å². The van der Waals surface area contributed by atoms with Crippen molar-refractivity contribution in [3.05, 3.63) is 77.1 Å². The minimum Gasteiger partial charge on any atom is -0.269 e. The standard InChI is InChI=1S/C19H13N3OS/c23-18(11-10-14-6-2-1-3-7-14)22-17-9-5-4-8-15(17)21-19(22)16-12-24-13-20-16/h1-13H. The second-order valence-corrected chi connectivity index (χ2v) is 5.93. The lowest BCUT2D eigenvalue weighted by Gasteiger charge is -2.03. The molecule has 0 spiro atoms. The topological polar surface area (TPSA) is 47.8 Å². The molecule has 2 aromatic heterocycles. The van der Waals surface area contributed by atoms with Gasteiger partial charge in [-0.3, -0.25) is 9.36 Å². The molecule has 0 atom stereocenters. The molecule has 0 bridgehead atoms. The highest BCUT2D eigenvalue weighted by molar-refractivity contribution is 7.07. The van der Waals surface area contributed by atoms with Crippen LogP contribution in [0.5, 0.6) is 0 Å². The smallest absolute Gasteiger partial charge is 0.256 e. The number of nitrogens with zero attached hydrogens (tertiary/aromatic N) is 3. The Morgan fingerprint density at radius 3 is 2.62 bits per heavy atom. The first-order valence-corrected chi connectivity index (χ1v) is 8.41. The number of carbonyl (C=O) groups is 1. The Labute approximate surface area is 142 Å². The Kier molecular flexibility index (Phi) is 3.76. The zero-order chi connectivity index (χ0) is 16.4. The van der Waals surface area contributed by atoms with Crippen LogP contribution in [0.3, 0.4) is 0 Å². The molecule has 5 heteroatoms. The number of hydrogen-bond acceptors (Lipinski definition) is 4. The highest BCUT2D eigenvalue weighted by Gasteiger charge is 2.17. The van der Waals surface area contributed by atoms with E-state index in [-0.39, 0.29) is 5.91 Å². The van der Waals surface area contributed by atoms with Crippen molar-refractivity contribution in [2.75, 3.05) is 0 Å². The summed E-state index contributed by atoms with van der Waals surface area (Å²) in [5.41, 5.74) is 4.98. The van der Waals surface area contributed by atoms with Crippen molar-refractivity contribution >= 4 is 34.4 Å². The van der Waals surface area contributed by atoms with Crippen molar-refractivity contribution in [3.63, 3.8) is 0 Å². The van der Waals surface area contributed by atoms with Crippen LogP contribution in [0.4, 0.5) is 0 Å². The number of benzene rings is 2. The molecule has 4 aromatic rings. The number of allylic oxidation sites excluding steroid dienone is 1. The Morgan fingerprint density at radius 2 is 1.83 bits per heavy atom. The van der Waals surface area contributed by atoms with Crippen LogP contribution < -0.4 is 0 Å². The third-order valence-electron chi connectivity index (χ3n) is 3.66. The van der Waals surface area contributed by atoms with Crippen molar-refractivity contribution in [2.24, 2.45) is 0 Å². The summed E-state index contributed by atoms with van der Waals surface area (Å²) in [5.74, 6) is 0.427. The first-order valence-electron chi connectivity index (χ1n) is 7.46. The van der Waals surface area contributed by atoms with Crippen LogP contribution in [0.15, 0.2) is 71.6 Å². The number of para-hydroxylation sites is 2. The monoisotopic (exact) mass is 331 g/mol. The van der Waals surface area contributed by atoms with Crippen molar-refractivity contribution in [2.45, 2.75) is 0 Å². The largest absolute Gasteiger partial charge is 0.269 e. The van der Waals surface area contributed by atoms with Crippen LogP contribution in [0.1, 0.15) is 10.4 Å². The zero-order valence-corrected chi connectivity index (χ0v) is 13.5. The summed E-state index contributed by atoms with van der Waals surface area (Å²) in [7, 11) is 0. The number of thiazole rings is 1. The number of fused-ring (bicyclic) bond motifs is 1. The first-order chi connectivity index (χ1) is 11.8. The predicted molar refractivity (Wildman–Crippen MR) is 96.9 cm³/mol. The Morgan fingerprint density at radius 1 is 1.04 bits per heavy atom.